The fourth-order valence-corrected chi connectivity index (χ4v) is 2.33. The molecule has 0 aromatic heterocycles. The zero-order valence-corrected chi connectivity index (χ0v) is 14.2. The van der Waals surface area contributed by atoms with E-state index in [2.05, 4.69) is 5.32 Å². The number of anilines is 1. The van der Waals surface area contributed by atoms with Crippen LogP contribution in [0.1, 0.15) is 45.5 Å². The summed E-state index contributed by atoms with van der Waals surface area (Å²) in [6.07, 6.45) is 0.415. The Kier molecular flexibility index (Phi) is 5.32. The van der Waals surface area contributed by atoms with Gasteiger partial charge in [0.2, 0.25) is 5.91 Å². The van der Waals surface area contributed by atoms with Crippen LogP contribution in [0.3, 0.4) is 0 Å². The van der Waals surface area contributed by atoms with E-state index in [4.69, 9.17) is 0 Å². The molecule has 120 valence electrons. The summed E-state index contributed by atoms with van der Waals surface area (Å²) in [6, 6.07) is 11.5. The SMILES string of the molecule is Cc1ccc(NC(=O)CCC(=O)c2ccc(C)c(C)c2)cc1C. The van der Waals surface area contributed by atoms with Gasteiger partial charge in [-0.05, 0) is 68.1 Å². The van der Waals surface area contributed by atoms with Crippen molar-refractivity contribution in [3.63, 3.8) is 0 Å². The van der Waals surface area contributed by atoms with Crippen molar-refractivity contribution in [1.82, 2.24) is 0 Å². The third-order valence-corrected chi connectivity index (χ3v) is 4.20. The number of hydrogen-bond acceptors (Lipinski definition) is 2. The monoisotopic (exact) mass is 309 g/mol. The molecule has 0 aliphatic heterocycles. The maximum atomic E-state index is 12.2. The van der Waals surface area contributed by atoms with Crippen molar-refractivity contribution in [2.24, 2.45) is 0 Å². The van der Waals surface area contributed by atoms with Crippen molar-refractivity contribution in [3.05, 3.63) is 64.2 Å². The summed E-state index contributed by atoms with van der Waals surface area (Å²) < 4.78 is 0. The summed E-state index contributed by atoms with van der Waals surface area (Å²) in [5.41, 5.74) is 6.02. The van der Waals surface area contributed by atoms with E-state index in [1.165, 1.54) is 5.56 Å². The minimum atomic E-state index is -0.134. The van der Waals surface area contributed by atoms with Gasteiger partial charge in [0.15, 0.2) is 5.78 Å². The highest BCUT2D eigenvalue weighted by Gasteiger charge is 2.10. The molecular formula is C20H23NO2. The second kappa shape index (κ2) is 7.23. The molecule has 0 fully saturated rings. The van der Waals surface area contributed by atoms with E-state index in [0.29, 0.717) is 5.56 Å². The standard InChI is InChI=1S/C20H23NO2/c1-13-5-7-17(11-15(13)3)19(22)9-10-20(23)21-18-8-6-14(2)16(4)12-18/h5-8,11-12H,9-10H2,1-4H3,(H,21,23). The Morgan fingerprint density at radius 1 is 0.783 bits per heavy atom. The zero-order chi connectivity index (χ0) is 17.0. The van der Waals surface area contributed by atoms with E-state index < -0.39 is 0 Å². The summed E-state index contributed by atoms with van der Waals surface area (Å²) >= 11 is 0. The summed E-state index contributed by atoms with van der Waals surface area (Å²) in [5.74, 6) is -0.131. The van der Waals surface area contributed by atoms with Crippen LogP contribution in [-0.4, -0.2) is 11.7 Å². The molecule has 0 unspecified atom stereocenters. The van der Waals surface area contributed by atoms with Gasteiger partial charge in [-0.2, -0.15) is 0 Å². The van der Waals surface area contributed by atoms with Gasteiger partial charge in [0.1, 0.15) is 0 Å². The predicted octanol–water partition coefficient (Wildman–Crippen LogP) is 4.52. The Balaban J connectivity index is 1.91. The Labute approximate surface area is 137 Å². The lowest BCUT2D eigenvalue weighted by Crippen LogP contribution is -2.13. The molecule has 0 aliphatic carbocycles. The first-order valence-corrected chi connectivity index (χ1v) is 7.84. The van der Waals surface area contributed by atoms with Crippen LogP contribution in [0.4, 0.5) is 5.69 Å². The van der Waals surface area contributed by atoms with Crippen molar-refractivity contribution < 1.29 is 9.59 Å². The molecule has 0 heterocycles. The van der Waals surface area contributed by atoms with Crippen LogP contribution in [0.25, 0.3) is 0 Å². The lowest BCUT2D eigenvalue weighted by molar-refractivity contribution is -0.116. The Bertz CT molecular complexity index is 747. The van der Waals surface area contributed by atoms with E-state index >= 15 is 0 Å². The van der Waals surface area contributed by atoms with Gasteiger partial charge in [-0.1, -0.05) is 18.2 Å². The molecule has 0 atom stereocenters. The van der Waals surface area contributed by atoms with E-state index in [9.17, 15) is 9.59 Å². The molecule has 0 radical (unpaired) electrons. The van der Waals surface area contributed by atoms with Crippen LogP contribution in [0, 0.1) is 27.7 Å². The lowest BCUT2D eigenvalue weighted by Gasteiger charge is -2.08. The van der Waals surface area contributed by atoms with Gasteiger partial charge in [-0.25, -0.2) is 0 Å². The molecule has 2 aromatic carbocycles. The topological polar surface area (TPSA) is 46.2 Å². The Morgan fingerprint density at radius 2 is 1.39 bits per heavy atom. The van der Waals surface area contributed by atoms with Crippen LogP contribution in [0.2, 0.25) is 0 Å². The van der Waals surface area contributed by atoms with Gasteiger partial charge in [0.25, 0.3) is 0 Å². The molecule has 3 heteroatoms. The molecule has 2 aromatic rings. The molecule has 0 spiro atoms. The quantitative estimate of drug-likeness (QED) is 0.825. The fourth-order valence-electron chi connectivity index (χ4n) is 2.33. The number of amides is 1. The Morgan fingerprint density at radius 3 is 2.00 bits per heavy atom. The Hall–Kier alpha value is -2.42. The van der Waals surface area contributed by atoms with Crippen LogP contribution in [-0.2, 0) is 4.79 Å². The second-order valence-corrected chi connectivity index (χ2v) is 6.07. The van der Waals surface area contributed by atoms with Crippen molar-refractivity contribution >= 4 is 17.4 Å². The molecule has 0 aliphatic rings. The summed E-state index contributed by atoms with van der Waals surface area (Å²) in [6.45, 7) is 8.04. The van der Waals surface area contributed by atoms with Gasteiger partial charge in [0.05, 0.1) is 0 Å². The number of Topliss-reactive ketones (excluding diaryl/α,β-unsaturated/α-hetero) is 1. The molecule has 1 N–H and O–H groups in total. The number of nitrogens with one attached hydrogen (secondary N) is 1. The van der Waals surface area contributed by atoms with E-state index in [0.717, 1.165) is 22.4 Å². The summed E-state index contributed by atoms with van der Waals surface area (Å²) in [5, 5.41) is 2.85. The van der Waals surface area contributed by atoms with Crippen molar-refractivity contribution in [3.8, 4) is 0 Å². The highest BCUT2D eigenvalue weighted by Crippen LogP contribution is 2.16. The largest absolute Gasteiger partial charge is 0.326 e. The van der Waals surface area contributed by atoms with E-state index in [-0.39, 0.29) is 24.5 Å². The van der Waals surface area contributed by atoms with E-state index in [1.54, 1.807) is 0 Å². The molecule has 0 saturated heterocycles. The van der Waals surface area contributed by atoms with Gasteiger partial charge in [-0.15, -0.1) is 0 Å². The van der Waals surface area contributed by atoms with Crippen LogP contribution >= 0.6 is 0 Å². The molecule has 1 amide bonds. The zero-order valence-electron chi connectivity index (χ0n) is 14.2. The number of rotatable bonds is 5. The van der Waals surface area contributed by atoms with Gasteiger partial charge < -0.3 is 5.32 Å². The number of carbonyl (C=O) groups is 2. The molecule has 3 nitrogen and oxygen atoms in total. The maximum Gasteiger partial charge on any atom is 0.224 e. The van der Waals surface area contributed by atoms with Crippen LogP contribution < -0.4 is 5.32 Å². The van der Waals surface area contributed by atoms with Crippen molar-refractivity contribution in [2.45, 2.75) is 40.5 Å². The molecule has 0 bridgehead atoms. The lowest BCUT2D eigenvalue weighted by atomic mass is 10.0. The number of aryl methyl sites for hydroxylation is 4. The first-order valence-electron chi connectivity index (χ1n) is 7.84. The second-order valence-electron chi connectivity index (χ2n) is 6.07. The van der Waals surface area contributed by atoms with Gasteiger partial charge >= 0.3 is 0 Å². The molecule has 23 heavy (non-hydrogen) atoms. The van der Waals surface area contributed by atoms with Crippen molar-refractivity contribution in [2.75, 3.05) is 5.32 Å². The first-order chi connectivity index (χ1) is 10.9. The summed E-state index contributed by atoms with van der Waals surface area (Å²) in [7, 11) is 0. The minimum Gasteiger partial charge on any atom is -0.326 e. The highest BCUT2D eigenvalue weighted by atomic mass is 16.2. The minimum absolute atomic E-state index is 0.00309. The average molecular weight is 309 g/mol. The predicted molar refractivity (Wildman–Crippen MR) is 94.0 cm³/mol. The third-order valence-electron chi connectivity index (χ3n) is 4.20. The number of benzene rings is 2. The highest BCUT2D eigenvalue weighted by molar-refractivity contribution is 6.00. The first kappa shape index (κ1) is 16.9. The van der Waals surface area contributed by atoms with Gasteiger partial charge in [-0.3, -0.25) is 9.59 Å². The third kappa shape index (κ3) is 4.52. The average Bonchev–Trinajstić information content (AvgIpc) is 2.51. The molecule has 2 rings (SSSR count). The smallest absolute Gasteiger partial charge is 0.224 e. The summed E-state index contributed by atoms with van der Waals surface area (Å²) in [4.78, 5) is 24.2. The van der Waals surface area contributed by atoms with E-state index in [1.807, 2.05) is 64.1 Å². The normalized spacial score (nSPS) is 10.4. The number of carbonyl (C=O) groups excluding carboxylic acids is 2. The van der Waals surface area contributed by atoms with Crippen LogP contribution in [0.5, 0.6) is 0 Å². The molecular weight excluding hydrogens is 286 g/mol. The fraction of sp³-hybridized carbons (Fsp3) is 0.300. The van der Waals surface area contributed by atoms with Crippen LogP contribution in [0.15, 0.2) is 36.4 Å². The number of hydrogen-bond donors (Lipinski definition) is 1. The molecule has 0 saturated carbocycles. The van der Waals surface area contributed by atoms with Gasteiger partial charge in [0, 0.05) is 24.1 Å². The maximum absolute atomic E-state index is 12.2. The van der Waals surface area contributed by atoms with Crippen molar-refractivity contribution in [1.29, 1.82) is 0 Å². The number of ketones is 1.